The van der Waals surface area contributed by atoms with Gasteiger partial charge in [-0.25, -0.2) is 0 Å². The molecule has 1 fully saturated rings. The maximum Gasteiger partial charge on any atom is 0.115 e. The van der Waals surface area contributed by atoms with Gasteiger partial charge in [-0.1, -0.05) is 24.3 Å². The van der Waals surface area contributed by atoms with Gasteiger partial charge in [0.25, 0.3) is 0 Å². The van der Waals surface area contributed by atoms with E-state index in [1.807, 2.05) is 24.4 Å². The molecule has 0 amide bonds. The number of aromatic nitrogens is 1. The van der Waals surface area contributed by atoms with Gasteiger partial charge in [-0.2, -0.15) is 0 Å². The number of pyridine rings is 1. The Bertz CT molecular complexity index is 743. The van der Waals surface area contributed by atoms with E-state index in [0.717, 1.165) is 36.5 Å². The van der Waals surface area contributed by atoms with Crippen molar-refractivity contribution >= 4 is 0 Å². The van der Waals surface area contributed by atoms with E-state index in [4.69, 9.17) is 4.98 Å². The molecule has 2 aromatic rings. The molecule has 3 atom stereocenters. The van der Waals surface area contributed by atoms with Gasteiger partial charge in [0.05, 0.1) is 11.7 Å². The molecule has 4 nitrogen and oxygen atoms in total. The maximum absolute atomic E-state index is 10.0. The minimum Gasteiger partial charge on any atom is -0.508 e. The molecule has 3 rings (SSSR count). The molecule has 1 aliphatic rings. The van der Waals surface area contributed by atoms with Gasteiger partial charge in [-0.15, -0.1) is 6.58 Å². The van der Waals surface area contributed by atoms with Gasteiger partial charge in [0, 0.05) is 37.9 Å². The molecule has 0 aliphatic carbocycles. The van der Waals surface area contributed by atoms with Gasteiger partial charge in [0.2, 0.25) is 0 Å². The van der Waals surface area contributed by atoms with E-state index in [2.05, 4.69) is 55.3 Å². The third-order valence-corrected chi connectivity index (χ3v) is 5.26. The first-order chi connectivity index (χ1) is 12.5. The predicted molar refractivity (Wildman–Crippen MR) is 106 cm³/mol. The average molecular weight is 351 g/mol. The number of hydrogen-bond acceptors (Lipinski definition) is 4. The molecule has 26 heavy (non-hydrogen) atoms. The SMILES string of the molecule is C=CCN1CC(C)N(C(c2cccc(O)c2)c2ccc(C)cn2)CC1C. The lowest BCUT2D eigenvalue weighted by Gasteiger charge is -2.47. The monoisotopic (exact) mass is 351 g/mol. The standard InChI is InChI=1S/C22H29N3O/c1-5-11-24-14-18(4)25(15-17(24)3)22(19-7-6-8-20(26)12-19)21-10-9-16(2)13-23-21/h5-10,12-13,17-18,22,26H,1,11,14-15H2,2-4H3. The molecular weight excluding hydrogens is 322 g/mol. The minimum atomic E-state index is 0.0334. The lowest BCUT2D eigenvalue weighted by molar-refractivity contribution is 0.0296. The zero-order chi connectivity index (χ0) is 18.7. The van der Waals surface area contributed by atoms with Crippen LogP contribution in [0.1, 0.15) is 36.7 Å². The van der Waals surface area contributed by atoms with Gasteiger partial charge in [0.1, 0.15) is 5.75 Å². The number of piperazine rings is 1. The summed E-state index contributed by atoms with van der Waals surface area (Å²) in [4.78, 5) is 9.70. The number of phenolic OH excluding ortho intramolecular Hbond substituents is 1. The molecule has 1 aromatic heterocycles. The predicted octanol–water partition coefficient (Wildman–Crippen LogP) is 3.77. The van der Waals surface area contributed by atoms with Crippen LogP contribution in [0.2, 0.25) is 0 Å². The highest BCUT2D eigenvalue weighted by molar-refractivity contribution is 5.34. The summed E-state index contributed by atoms with van der Waals surface area (Å²) in [6.07, 6.45) is 3.90. The molecule has 0 bridgehead atoms. The fourth-order valence-corrected chi connectivity index (χ4v) is 3.87. The van der Waals surface area contributed by atoms with Crippen molar-refractivity contribution in [2.45, 2.75) is 38.9 Å². The second-order valence-electron chi connectivity index (χ2n) is 7.40. The van der Waals surface area contributed by atoms with Crippen LogP contribution in [0.5, 0.6) is 5.75 Å². The fraction of sp³-hybridized carbons (Fsp3) is 0.409. The molecule has 4 heteroatoms. The second-order valence-corrected chi connectivity index (χ2v) is 7.40. The highest BCUT2D eigenvalue weighted by Gasteiger charge is 2.35. The quantitative estimate of drug-likeness (QED) is 0.833. The Hall–Kier alpha value is -2.17. The molecule has 1 N–H and O–H groups in total. The van der Waals surface area contributed by atoms with Crippen LogP contribution in [0.25, 0.3) is 0 Å². The van der Waals surface area contributed by atoms with Gasteiger partial charge < -0.3 is 5.11 Å². The van der Waals surface area contributed by atoms with E-state index in [1.54, 1.807) is 6.07 Å². The largest absolute Gasteiger partial charge is 0.508 e. The third kappa shape index (κ3) is 3.97. The van der Waals surface area contributed by atoms with Crippen LogP contribution in [0.3, 0.4) is 0 Å². The third-order valence-electron chi connectivity index (χ3n) is 5.26. The summed E-state index contributed by atoms with van der Waals surface area (Å²) in [6, 6.07) is 12.6. The lowest BCUT2D eigenvalue weighted by atomic mass is 9.96. The summed E-state index contributed by atoms with van der Waals surface area (Å²) in [5.41, 5.74) is 3.26. The van der Waals surface area contributed by atoms with E-state index in [1.165, 1.54) is 0 Å². The zero-order valence-corrected chi connectivity index (χ0v) is 16.0. The number of aryl methyl sites for hydroxylation is 1. The second kappa shape index (κ2) is 8.02. The van der Waals surface area contributed by atoms with Gasteiger partial charge in [-0.05, 0) is 50.1 Å². The molecule has 1 aliphatic heterocycles. The summed E-state index contributed by atoms with van der Waals surface area (Å²) in [7, 11) is 0. The first-order valence-corrected chi connectivity index (χ1v) is 9.31. The van der Waals surface area contributed by atoms with Crippen LogP contribution in [0, 0.1) is 6.92 Å². The number of rotatable bonds is 5. The van der Waals surface area contributed by atoms with Crippen molar-refractivity contribution in [3.05, 3.63) is 72.1 Å². The van der Waals surface area contributed by atoms with Crippen molar-refractivity contribution in [3.63, 3.8) is 0 Å². The average Bonchev–Trinajstić information content (AvgIpc) is 2.61. The number of aromatic hydroxyl groups is 1. The summed E-state index contributed by atoms with van der Waals surface area (Å²) in [6.45, 7) is 13.3. The zero-order valence-electron chi connectivity index (χ0n) is 16.0. The van der Waals surface area contributed by atoms with Gasteiger partial charge in [-0.3, -0.25) is 14.8 Å². The first kappa shape index (κ1) is 18.6. The molecule has 0 spiro atoms. The van der Waals surface area contributed by atoms with Crippen LogP contribution >= 0.6 is 0 Å². The summed E-state index contributed by atoms with van der Waals surface area (Å²) >= 11 is 0. The Morgan fingerprint density at radius 1 is 1.23 bits per heavy atom. The van der Waals surface area contributed by atoms with E-state index < -0.39 is 0 Å². The maximum atomic E-state index is 10.0. The normalized spacial score (nSPS) is 22.9. The van der Waals surface area contributed by atoms with Gasteiger partial charge in [0.15, 0.2) is 0 Å². The Labute approximate surface area is 156 Å². The lowest BCUT2D eigenvalue weighted by Crippen LogP contribution is -2.57. The van der Waals surface area contributed by atoms with Crippen LogP contribution in [-0.4, -0.2) is 51.6 Å². The fourth-order valence-electron chi connectivity index (χ4n) is 3.87. The minimum absolute atomic E-state index is 0.0334. The Kier molecular flexibility index (Phi) is 5.74. The Morgan fingerprint density at radius 3 is 2.69 bits per heavy atom. The molecule has 0 radical (unpaired) electrons. The number of benzene rings is 1. The van der Waals surface area contributed by atoms with Crippen LogP contribution < -0.4 is 0 Å². The van der Waals surface area contributed by atoms with Crippen molar-refractivity contribution < 1.29 is 5.11 Å². The molecule has 1 aromatic carbocycles. The van der Waals surface area contributed by atoms with Crippen LogP contribution in [0.4, 0.5) is 0 Å². The summed E-state index contributed by atoms with van der Waals surface area (Å²) < 4.78 is 0. The molecule has 1 saturated heterocycles. The van der Waals surface area contributed by atoms with Crippen molar-refractivity contribution in [1.82, 2.24) is 14.8 Å². The molecule has 138 valence electrons. The van der Waals surface area contributed by atoms with E-state index >= 15 is 0 Å². The van der Waals surface area contributed by atoms with Crippen molar-refractivity contribution in [3.8, 4) is 5.75 Å². The topological polar surface area (TPSA) is 39.6 Å². The number of nitrogens with zero attached hydrogens (tertiary/aromatic N) is 3. The van der Waals surface area contributed by atoms with Crippen molar-refractivity contribution in [2.75, 3.05) is 19.6 Å². The van der Waals surface area contributed by atoms with Crippen molar-refractivity contribution in [2.24, 2.45) is 0 Å². The molecular formula is C22H29N3O. The van der Waals surface area contributed by atoms with Crippen molar-refractivity contribution in [1.29, 1.82) is 0 Å². The van der Waals surface area contributed by atoms with Crippen LogP contribution in [0.15, 0.2) is 55.3 Å². The molecule has 2 heterocycles. The summed E-state index contributed by atoms with van der Waals surface area (Å²) in [5, 5.41) is 10.0. The number of phenols is 1. The molecule has 3 unspecified atom stereocenters. The Balaban J connectivity index is 1.98. The van der Waals surface area contributed by atoms with Crippen LogP contribution in [-0.2, 0) is 0 Å². The first-order valence-electron chi connectivity index (χ1n) is 9.31. The van der Waals surface area contributed by atoms with Gasteiger partial charge >= 0.3 is 0 Å². The molecule has 0 saturated carbocycles. The highest BCUT2D eigenvalue weighted by Crippen LogP contribution is 2.33. The number of hydrogen-bond donors (Lipinski definition) is 1. The highest BCUT2D eigenvalue weighted by atomic mass is 16.3. The van der Waals surface area contributed by atoms with E-state index in [0.29, 0.717) is 17.8 Å². The van der Waals surface area contributed by atoms with E-state index in [-0.39, 0.29) is 6.04 Å². The Morgan fingerprint density at radius 2 is 2.04 bits per heavy atom. The summed E-state index contributed by atoms with van der Waals surface area (Å²) in [5.74, 6) is 0.297. The van der Waals surface area contributed by atoms with E-state index in [9.17, 15) is 5.11 Å². The smallest absolute Gasteiger partial charge is 0.115 e.